The van der Waals surface area contributed by atoms with Gasteiger partial charge in [-0.25, -0.2) is 0 Å². The predicted octanol–water partition coefficient (Wildman–Crippen LogP) is 6.29. The minimum atomic E-state index is -1.26. The fraction of sp³-hybridized carbons (Fsp3) is 0.667. The van der Waals surface area contributed by atoms with E-state index in [0.29, 0.717) is 18.3 Å². The van der Waals surface area contributed by atoms with E-state index in [9.17, 15) is 20.1 Å². The van der Waals surface area contributed by atoms with E-state index in [-0.39, 0.29) is 5.92 Å². The van der Waals surface area contributed by atoms with Crippen LogP contribution < -0.4 is 0 Å². The molecule has 31 heavy (non-hydrogen) atoms. The highest BCUT2D eigenvalue weighted by Crippen LogP contribution is 2.37. The molecule has 3 N–H and O–H groups in total. The molecule has 0 aliphatic heterocycles. The highest BCUT2D eigenvalue weighted by atomic mass is 16.5. The Morgan fingerprint density at radius 1 is 1.03 bits per heavy atom. The zero-order valence-corrected chi connectivity index (χ0v) is 19.2. The number of allylic oxidation sites excluding steroid dienone is 1. The molecule has 0 radical (unpaired) electrons. The average Bonchev–Trinajstić information content (AvgIpc) is 3.20. The number of hydrogen-bond acceptors (Lipinski definition) is 3. The Balaban J connectivity index is 1.74. The molecule has 1 aliphatic rings. The van der Waals surface area contributed by atoms with Crippen molar-refractivity contribution in [3.8, 4) is 0 Å². The van der Waals surface area contributed by atoms with Gasteiger partial charge in [0.2, 0.25) is 0 Å². The lowest BCUT2D eigenvalue weighted by atomic mass is 9.88. The van der Waals surface area contributed by atoms with E-state index in [1.165, 1.54) is 25.7 Å². The van der Waals surface area contributed by atoms with Crippen LogP contribution in [0.15, 0.2) is 42.5 Å². The van der Waals surface area contributed by atoms with Crippen molar-refractivity contribution in [2.24, 2.45) is 17.8 Å². The van der Waals surface area contributed by atoms with E-state index in [2.05, 4.69) is 19.1 Å². The minimum absolute atomic E-state index is 0.154. The first-order valence-electron chi connectivity index (χ1n) is 12.3. The summed E-state index contributed by atoms with van der Waals surface area (Å²) < 4.78 is 0. The van der Waals surface area contributed by atoms with Crippen molar-refractivity contribution in [1.82, 2.24) is 0 Å². The lowest BCUT2D eigenvalue weighted by Crippen LogP contribution is -2.18. The van der Waals surface area contributed by atoms with Crippen LogP contribution in [-0.4, -0.2) is 27.6 Å². The van der Waals surface area contributed by atoms with E-state index in [1.54, 1.807) is 0 Å². The lowest BCUT2D eigenvalue weighted by Gasteiger charge is -2.19. The van der Waals surface area contributed by atoms with Crippen LogP contribution in [0, 0.1) is 17.8 Å². The lowest BCUT2D eigenvalue weighted by molar-refractivity contribution is -0.139. The number of carboxylic acids is 1. The maximum absolute atomic E-state index is 11.6. The fourth-order valence-corrected chi connectivity index (χ4v) is 4.99. The van der Waals surface area contributed by atoms with Gasteiger partial charge in [-0.15, -0.1) is 0 Å². The summed E-state index contributed by atoms with van der Waals surface area (Å²) in [4.78, 5) is 11.6. The molecule has 1 fully saturated rings. The molecular weight excluding hydrogens is 388 g/mol. The molecule has 174 valence electrons. The van der Waals surface area contributed by atoms with Crippen LogP contribution in [0.5, 0.6) is 0 Å². The summed E-state index contributed by atoms with van der Waals surface area (Å²) in [6, 6.07) is 9.55. The van der Waals surface area contributed by atoms with Crippen LogP contribution in [0.1, 0.15) is 95.5 Å². The van der Waals surface area contributed by atoms with Gasteiger partial charge in [0.15, 0.2) is 6.29 Å². The van der Waals surface area contributed by atoms with Crippen LogP contribution in [0.25, 0.3) is 0 Å². The first kappa shape index (κ1) is 25.6. The summed E-state index contributed by atoms with van der Waals surface area (Å²) in [7, 11) is 0. The Morgan fingerprint density at radius 3 is 2.45 bits per heavy atom. The largest absolute Gasteiger partial charge is 0.481 e. The molecule has 4 atom stereocenters. The van der Waals surface area contributed by atoms with Gasteiger partial charge in [0, 0.05) is 5.92 Å². The number of rotatable bonds is 15. The van der Waals surface area contributed by atoms with Crippen molar-refractivity contribution < 1.29 is 20.1 Å². The van der Waals surface area contributed by atoms with Crippen LogP contribution in [0.3, 0.4) is 0 Å². The van der Waals surface area contributed by atoms with Crippen LogP contribution in [-0.2, 0) is 4.79 Å². The number of aliphatic carboxylic acids is 1. The number of carboxylic acid groups (broad SMARTS) is 1. The number of unbranched alkanes of at least 4 members (excludes halogenated alkanes) is 4. The minimum Gasteiger partial charge on any atom is -0.481 e. The van der Waals surface area contributed by atoms with E-state index < -0.39 is 18.2 Å². The Bertz CT molecular complexity index is 640. The first-order chi connectivity index (χ1) is 15.0. The van der Waals surface area contributed by atoms with Gasteiger partial charge in [-0.05, 0) is 49.5 Å². The molecule has 1 aromatic carbocycles. The molecule has 0 aromatic heterocycles. The number of aliphatic hydroxyl groups is 2. The number of benzene rings is 1. The van der Waals surface area contributed by atoms with E-state index in [0.717, 1.165) is 50.5 Å². The zero-order chi connectivity index (χ0) is 22.5. The van der Waals surface area contributed by atoms with E-state index >= 15 is 0 Å². The Hall–Kier alpha value is -1.65. The monoisotopic (exact) mass is 430 g/mol. The summed E-state index contributed by atoms with van der Waals surface area (Å²) in [6.45, 7) is 2.16. The molecule has 1 aromatic rings. The molecule has 0 amide bonds. The van der Waals surface area contributed by atoms with Crippen LogP contribution in [0.4, 0.5) is 0 Å². The molecule has 4 nitrogen and oxygen atoms in total. The molecule has 0 saturated heterocycles. The van der Waals surface area contributed by atoms with Gasteiger partial charge in [-0.1, -0.05) is 94.4 Å². The van der Waals surface area contributed by atoms with Crippen molar-refractivity contribution in [2.75, 3.05) is 0 Å². The molecular formula is C27H42O4. The number of aliphatic hydroxyl groups excluding tert-OH is 1. The Labute approximate surface area is 188 Å². The molecule has 0 bridgehead atoms. The van der Waals surface area contributed by atoms with Gasteiger partial charge in [0.25, 0.3) is 0 Å². The first-order valence-corrected chi connectivity index (χ1v) is 12.3. The molecule has 4 heteroatoms. The van der Waals surface area contributed by atoms with E-state index in [1.807, 2.05) is 30.3 Å². The highest BCUT2D eigenvalue weighted by molar-refractivity contribution is 5.75. The summed E-state index contributed by atoms with van der Waals surface area (Å²) in [5, 5.41) is 28.9. The predicted molar refractivity (Wildman–Crippen MR) is 126 cm³/mol. The maximum atomic E-state index is 11.6. The Kier molecular flexibility index (Phi) is 11.9. The second-order valence-electron chi connectivity index (χ2n) is 9.25. The third-order valence-corrected chi connectivity index (χ3v) is 6.92. The average molecular weight is 431 g/mol. The molecule has 1 saturated carbocycles. The maximum Gasteiger partial charge on any atom is 0.310 e. The summed E-state index contributed by atoms with van der Waals surface area (Å²) in [5.74, 6) is -0.0697. The molecule has 1 aliphatic carbocycles. The van der Waals surface area contributed by atoms with Gasteiger partial charge in [0.1, 0.15) is 0 Å². The second-order valence-corrected chi connectivity index (χ2v) is 9.25. The standard InChI is InChI=1S/C27H42O4/c1-2-3-6-15-24(26(28)29)20-19-22-17-11-16-21(22)12-7-5-10-18-25(27(30)31)23-13-8-4-9-14-23/h4,8-9,13-14,19-22,24-26,28-29H,2-3,5-7,10-12,15-18H2,1H3,(H,30,31)/t21-,22+,24?,25?/m0/s1. The van der Waals surface area contributed by atoms with Gasteiger partial charge < -0.3 is 15.3 Å². The van der Waals surface area contributed by atoms with Crippen molar-refractivity contribution >= 4 is 5.97 Å². The van der Waals surface area contributed by atoms with Crippen LogP contribution in [0.2, 0.25) is 0 Å². The van der Waals surface area contributed by atoms with Crippen molar-refractivity contribution in [2.45, 2.75) is 96.2 Å². The molecule has 2 unspecified atom stereocenters. The van der Waals surface area contributed by atoms with Crippen molar-refractivity contribution in [3.63, 3.8) is 0 Å². The zero-order valence-electron chi connectivity index (χ0n) is 19.2. The van der Waals surface area contributed by atoms with Gasteiger partial charge in [-0.3, -0.25) is 4.79 Å². The summed E-state index contributed by atoms with van der Waals surface area (Å²) in [6.07, 6.45) is 15.9. The summed E-state index contributed by atoms with van der Waals surface area (Å²) >= 11 is 0. The fourth-order valence-electron chi connectivity index (χ4n) is 4.99. The quantitative estimate of drug-likeness (QED) is 0.174. The number of hydrogen-bond donors (Lipinski definition) is 3. The molecule has 2 rings (SSSR count). The Morgan fingerprint density at radius 2 is 1.77 bits per heavy atom. The third kappa shape index (κ3) is 9.16. The SMILES string of the molecule is CCCCCC(C=C[C@H]1CCC[C@@H]1CCCCCC(C(=O)O)c1ccccc1)C(O)O. The smallest absolute Gasteiger partial charge is 0.310 e. The number of carbonyl (C=O) groups is 1. The highest BCUT2D eigenvalue weighted by Gasteiger charge is 2.25. The molecule has 0 heterocycles. The van der Waals surface area contributed by atoms with Crippen molar-refractivity contribution in [1.29, 1.82) is 0 Å². The van der Waals surface area contributed by atoms with Crippen LogP contribution >= 0.6 is 0 Å². The van der Waals surface area contributed by atoms with Gasteiger partial charge in [-0.2, -0.15) is 0 Å². The van der Waals surface area contributed by atoms with E-state index in [4.69, 9.17) is 0 Å². The second kappa shape index (κ2) is 14.4. The normalized spacial score (nSPS) is 21.0. The van der Waals surface area contributed by atoms with Crippen molar-refractivity contribution in [3.05, 3.63) is 48.0 Å². The van der Waals surface area contributed by atoms with Gasteiger partial charge in [0.05, 0.1) is 5.92 Å². The molecule has 0 spiro atoms. The topological polar surface area (TPSA) is 77.8 Å². The third-order valence-electron chi connectivity index (χ3n) is 6.92. The van der Waals surface area contributed by atoms with Gasteiger partial charge >= 0.3 is 5.97 Å². The summed E-state index contributed by atoms with van der Waals surface area (Å²) in [5.41, 5.74) is 0.899.